The Kier molecular flexibility index (Phi) is 6.10. The van der Waals surface area contributed by atoms with Crippen molar-refractivity contribution in [2.45, 2.75) is 56.4 Å². The number of morpholine rings is 1. The lowest BCUT2D eigenvalue weighted by molar-refractivity contribution is 0.0357. The maximum atomic E-state index is 12.1. The van der Waals surface area contributed by atoms with E-state index in [1.165, 1.54) is 32.1 Å². The molecular formula is C16H29N3O4. The summed E-state index contributed by atoms with van der Waals surface area (Å²) in [6, 6.07) is 0.366. The smallest absolute Gasteiger partial charge is 0.317 e. The van der Waals surface area contributed by atoms with Crippen LogP contribution in [0.4, 0.5) is 4.79 Å². The molecule has 3 atom stereocenters. The molecule has 7 heteroatoms. The lowest BCUT2D eigenvalue weighted by Gasteiger charge is -2.29. The predicted octanol–water partition coefficient (Wildman–Crippen LogP) is 0.0788. The fourth-order valence-corrected chi connectivity index (χ4v) is 3.65. The number of aliphatic hydroxyl groups excluding tert-OH is 1. The van der Waals surface area contributed by atoms with Gasteiger partial charge in [-0.15, -0.1) is 0 Å². The molecule has 0 unspecified atom stereocenters. The van der Waals surface area contributed by atoms with Gasteiger partial charge in [0.15, 0.2) is 0 Å². The van der Waals surface area contributed by atoms with Gasteiger partial charge in [0.1, 0.15) is 6.10 Å². The Hall–Kier alpha value is -0.890. The van der Waals surface area contributed by atoms with E-state index >= 15 is 0 Å². The van der Waals surface area contributed by atoms with Gasteiger partial charge in [-0.25, -0.2) is 4.79 Å². The van der Waals surface area contributed by atoms with E-state index < -0.39 is 6.10 Å². The van der Waals surface area contributed by atoms with E-state index in [0.29, 0.717) is 45.5 Å². The highest BCUT2D eigenvalue weighted by atomic mass is 16.5. The highest BCUT2D eigenvalue weighted by molar-refractivity contribution is 5.74. The summed E-state index contributed by atoms with van der Waals surface area (Å²) in [7, 11) is 0. The number of rotatable bonds is 4. The molecular weight excluding hydrogens is 298 g/mol. The van der Waals surface area contributed by atoms with Gasteiger partial charge in [-0.3, -0.25) is 0 Å². The average molecular weight is 327 g/mol. The fourth-order valence-electron chi connectivity index (χ4n) is 3.65. The molecule has 2 heterocycles. The van der Waals surface area contributed by atoms with Crippen LogP contribution in [0.5, 0.6) is 0 Å². The largest absolute Gasteiger partial charge is 0.389 e. The minimum absolute atomic E-state index is 0.0246. The standard InChI is InChI=1S/C16H29N3O4/c20-15-13(18-12-4-2-1-3-5-12)11-23-14(15)10-17-16(21)19-6-8-22-9-7-19/h12-15,18,20H,1-11H2,(H,17,21)/t13-,14-,15+/m1/s1. The molecule has 3 rings (SSSR count). The number of aliphatic hydroxyl groups is 1. The molecule has 1 saturated carbocycles. The Labute approximate surface area is 137 Å². The topological polar surface area (TPSA) is 83.1 Å². The first kappa shape index (κ1) is 17.0. The van der Waals surface area contributed by atoms with Gasteiger partial charge in [0.2, 0.25) is 0 Å². The number of amides is 2. The molecule has 3 fully saturated rings. The molecule has 2 aliphatic heterocycles. The van der Waals surface area contributed by atoms with Gasteiger partial charge in [0.25, 0.3) is 0 Å². The highest BCUT2D eigenvalue weighted by Crippen LogP contribution is 2.21. The minimum atomic E-state index is -0.568. The van der Waals surface area contributed by atoms with Crippen LogP contribution in [0.3, 0.4) is 0 Å². The molecule has 3 aliphatic rings. The third kappa shape index (κ3) is 4.56. The average Bonchev–Trinajstić information content (AvgIpc) is 2.94. The molecule has 0 aromatic carbocycles. The molecule has 23 heavy (non-hydrogen) atoms. The van der Waals surface area contributed by atoms with Crippen molar-refractivity contribution in [3.8, 4) is 0 Å². The monoisotopic (exact) mass is 327 g/mol. The fraction of sp³-hybridized carbons (Fsp3) is 0.938. The van der Waals surface area contributed by atoms with Crippen LogP contribution in [-0.4, -0.2) is 79.8 Å². The molecule has 1 aliphatic carbocycles. The van der Waals surface area contributed by atoms with Crippen molar-refractivity contribution in [2.75, 3.05) is 39.5 Å². The molecule has 7 nitrogen and oxygen atoms in total. The summed E-state index contributed by atoms with van der Waals surface area (Å²) < 4.78 is 10.9. The minimum Gasteiger partial charge on any atom is -0.389 e. The molecule has 3 N–H and O–H groups in total. The predicted molar refractivity (Wildman–Crippen MR) is 85.3 cm³/mol. The number of carbonyl (C=O) groups excluding carboxylic acids is 1. The summed E-state index contributed by atoms with van der Waals surface area (Å²) in [5.74, 6) is 0. The zero-order valence-corrected chi connectivity index (χ0v) is 13.7. The van der Waals surface area contributed by atoms with Gasteiger partial charge in [-0.2, -0.15) is 0 Å². The molecule has 0 radical (unpaired) electrons. The summed E-state index contributed by atoms with van der Waals surface area (Å²) >= 11 is 0. The number of hydrogen-bond donors (Lipinski definition) is 3. The number of carbonyl (C=O) groups is 1. The Morgan fingerprint density at radius 3 is 2.65 bits per heavy atom. The summed E-state index contributed by atoms with van der Waals surface area (Å²) in [5, 5.41) is 16.8. The first-order valence-electron chi connectivity index (χ1n) is 8.90. The molecule has 0 aromatic heterocycles. The van der Waals surface area contributed by atoms with E-state index in [1.807, 2.05) is 0 Å². The van der Waals surface area contributed by atoms with Crippen LogP contribution in [0.15, 0.2) is 0 Å². The van der Waals surface area contributed by atoms with Crippen molar-refractivity contribution >= 4 is 6.03 Å². The van der Waals surface area contributed by atoms with Crippen molar-refractivity contribution in [2.24, 2.45) is 0 Å². The van der Waals surface area contributed by atoms with E-state index in [-0.39, 0.29) is 18.2 Å². The lowest BCUT2D eigenvalue weighted by Crippen LogP contribution is -2.51. The van der Waals surface area contributed by atoms with Crippen molar-refractivity contribution < 1.29 is 19.4 Å². The lowest BCUT2D eigenvalue weighted by atomic mass is 9.94. The first-order valence-corrected chi connectivity index (χ1v) is 8.90. The SMILES string of the molecule is O=C(NC[C@H]1OC[C@@H](NC2CCCCC2)[C@@H]1O)N1CCOCC1. The second-order valence-corrected chi connectivity index (χ2v) is 6.76. The highest BCUT2D eigenvalue weighted by Gasteiger charge is 2.37. The van der Waals surface area contributed by atoms with E-state index in [4.69, 9.17) is 9.47 Å². The second kappa shape index (κ2) is 8.28. The van der Waals surface area contributed by atoms with Crippen LogP contribution in [-0.2, 0) is 9.47 Å². The van der Waals surface area contributed by atoms with Crippen LogP contribution in [0.25, 0.3) is 0 Å². The zero-order chi connectivity index (χ0) is 16.1. The van der Waals surface area contributed by atoms with Crippen LogP contribution in [0.1, 0.15) is 32.1 Å². The van der Waals surface area contributed by atoms with Gasteiger partial charge in [-0.1, -0.05) is 19.3 Å². The molecule has 0 bridgehead atoms. The summed E-state index contributed by atoms with van der Waals surface area (Å²) in [4.78, 5) is 13.8. The normalized spacial score (nSPS) is 32.9. The van der Waals surface area contributed by atoms with Gasteiger partial charge in [0.05, 0.1) is 32.0 Å². The maximum Gasteiger partial charge on any atom is 0.317 e. The van der Waals surface area contributed by atoms with E-state index in [9.17, 15) is 9.90 Å². The number of nitrogens with one attached hydrogen (secondary N) is 2. The van der Waals surface area contributed by atoms with Crippen LogP contribution in [0, 0.1) is 0 Å². The first-order chi connectivity index (χ1) is 11.2. The summed E-state index contributed by atoms with van der Waals surface area (Å²) in [6.45, 7) is 3.26. The zero-order valence-electron chi connectivity index (χ0n) is 13.7. The van der Waals surface area contributed by atoms with Gasteiger partial charge >= 0.3 is 6.03 Å². The number of hydrogen-bond acceptors (Lipinski definition) is 5. The van der Waals surface area contributed by atoms with Crippen LogP contribution >= 0.6 is 0 Å². The molecule has 2 saturated heterocycles. The van der Waals surface area contributed by atoms with Crippen molar-refractivity contribution in [1.82, 2.24) is 15.5 Å². The number of urea groups is 1. The van der Waals surface area contributed by atoms with Gasteiger partial charge < -0.3 is 30.1 Å². The van der Waals surface area contributed by atoms with E-state index in [0.717, 1.165) is 0 Å². The number of nitrogens with zero attached hydrogens (tertiary/aromatic N) is 1. The molecule has 132 valence electrons. The van der Waals surface area contributed by atoms with Crippen molar-refractivity contribution in [1.29, 1.82) is 0 Å². The summed E-state index contributed by atoms with van der Waals surface area (Å²) in [6.07, 6.45) is 5.31. The maximum absolute atomic E-state index is 12.1. The van der Waals surface area contributed by atoms with Gasteiger partial charge in [0, 0.05) is 25.7 Å². The van der Waals surface area contributed by atoms with Gasteiger partial charge in [-0.05, 0) is 12.8 Å². The Morgan fingerprint density at radius 2 is 1.91 bits per heavy atom. The quantitative estimate of drug-likeness (QED) is 0.681. The van der Waals surface area contributed by atoms with Crippen LogP contribution < -0.4 is 10.6 Å². The van der Waals surface area contributed by atoms with Crippen molar-refractivity contribution in [3.63, 3.8) is 0 Å². The van der Waals surface area contributed by atoms with Crippen molar-refractivity contribution in [3.05, 3.63) is 0 Å². The Balaban J connectivity index is 1.39. The molecule has 0 spiro atoms. The number of ether oxygens (including phenoxy) is 2. The molecule has 0 aromatic rings. The Bertz CT molecular complexity index is 384. The molecule has 2 amide bonds. The van der Waals surface area contributed by atoms with Crippen LogP contribution in [0.2, 0.25) is 0 Å². The Morgan fingerprint density at radius 1 is 1.17 bits per heavy atom. The third-order valence-electron chi connectivity index (χ3n) is 5.09. The van der Waals surface area contributed by atoms with E-state index in [2.05, 4.69) is 10.6 Å². The summed E-state index contributed by atoms with van der Waals surface area (Å²) in [5.41, 5.74) is 0. The second-order valence-electron chi connectivity index (χ2n) is 6.76. The third-order valence-corrected chi connectivity index (χ3v) is 5.09. The van der Waals surface area contributed by atoms with E-state index in [1.54, 1.807) is 4.90 Å².